The summed E-state index contributed by atoms with van der Waals surface area (Å²) in [5, 5.41) is 8.25. The summed E-state index contributed by atoms with van der Waals surface area (Å²) in [6.07, 6.45) is 4.15. The Bertz CT molecular complexity index is 1590. The van der Waals surface area contributed by atoms with Gasteiger partial charge in [-0.25, -0.2) is 0 Å². The van der Waals surface area contributed by atoms with Crippen molar-refractivity contribution in [3.8, 4) is 11.5 Å². The molecule has 9 nitrogen and oxygen atoms in total. The van der Waals surface area contributed by atoms with E-state index in [9.17, 15) is 0 Å². The van der Waals surface area contributed by atoms with Crippen LogP contribution in [0.2, 0.25) is 0 Å². The fourth-order valence-corrected chi connectivity index (χ4v) is 5.86. The van der Waals surface area contributed by atoms with E-state index >= 15 is 0 Å². The van der Waals surface area contributed by atoms with Gasteiger partial charge in [-0.05, 0) is 127 Å². The van der Waals surface area contributed by atoms with E-state index in [2.05, 4.69) is 51.3 Å². The number of methoxy groups -OCH3 is 2. The molecule has 2 heterocycles. The zero-order valence-corrected chi connectivity index (χ0v) is 32.7. The Morgan fingerprint density at radius 3 is 1.40 bits per heavy atom. The van der Waals surface area contributed by atoms with Gasteiger partial charge in [0.1, 0.15) is 22.7 Å². The fraction of sp³-hybridized carbons (Fsp3) is 0.526. The number of rotatable bonds is 18. The molecule has 2 unspecified atom stereocenters. The molecule has 10 heteroatoms. The summed E-state index contributed by atoms with van der Waals surface area (Å²) < 4.78 is 23.6. The van der Waals surface area contributed by atoms with Crippen LogP contribution in [0.3, 0.4) is 0 Å². The van der Waals surface area contributed by atoms with E-state index in [4.69, 9.17) is 33.6 Å². The second-order valence-electron chi connectivity index (χ2n) is 12.1. The van der Waals surface area contributed by atoms with Gasteiger partial charge in [0.15, 0.2) is 0 Å². The predicted octanol–water partition coefficient (Wildman–Crippen LogP) is 5.36. The smallest absolute Gasteiger partial charge is 0.596 e. The molecule has 2 aromatic heterocycles. The molecular weight excluding hydrogens is 613 g/mol. The van der Waals surface area contributed by atoms with Crippen LogP contribution in [-0.2, 0) is 0 Å². The molecule has 0 aliphatic rings. The zero-order chi connectivity index (χ0) is 33.8. The van der Waals surface area contributed by atoms with Crippen molar-refractivity contribution < 1.29 is 47.9 Å². The third-order valence-corrected chi connectivity index (χ3v) is 8.80. The van der Waals surface area contributed by atoms with E-state index < -0.39 is 0 Å². The van der Waals surface area contributed by atoms with Crippen molar-refractivity contribution in [3.63, 3.8) is 0 Å². The Hall–Kier alpha value is -2.82. The fourth-order valence-electron chi connectivity index (χ4n) is 5.86. The average Bonchev–Trinajstić information content (AvgIpc) is 3.08. The second kappa shape index (κ2) is 20.0. The Morgan fingerprint density at radius 1 is 0.646 bits per heavy atom. The summed E-state index contributed by atoms with van der Waals surface area (Å²) in [4.78, 5) is 15.2. The molecule has 0 N–H and O–H groups in total. The van der Waals surface area contributed by atoms with Crippen LogP contribution in [0.5, 0.6) is 11.5 Å². The molecule has 4 rings (SSSR count). The topological polar surface area (TPSA) is 90.0 Å². The molecule has 0 saturated heterocycles. The van der Waals surface area contributed by atoms with Gasteiger partial charge >= 0.3 is 29.6 Å². The normalized spacial score (nSPS) is 13.7. The number of hydrogen-bond acceptors (Lipinski definition) is 8. The van der Waals surface area contributed by atoms with Crippen LogP contribution in [-0.4, -0.2) is 75.4 Å². The average molecular weight is 668 g/mol. The Kier molecular flexibility index (Phi) is 16.5. The van der Waals surface area contributed by atoms with Gasteiger partial charge < -0.3 is 33.4 Å². The monoisotopic (exact) mass is 667 g/mol. The van der Waals surface area contributed by atoms with Crippen molar-refractivity contribution in [2.24, 2.45) is 9.98 Å². The minimum absolute atomic E-state index is 0. The van der Waals surface area contributed by atoms with Crippen LogP contribution in [0, 0.1) is 0 Å². The van der Waals surface area contributed by atoms with Gasteiger partial charge in [-0.3, -0.25) is 9.98 Å². The van der Waals surface area contributed by atoms with Gasteiger partial charge in [0, 0.05) is 34.6 Å². The van der Waals surface area contributed by atoms with Crippen LogP contribution in [0.1, 0.15) is 67.2 Å². The van der Waals surface area contributed by atoms with E-state index in [0.29, 0.717) is 22.9 Å². The van der Waals surface area contributed by atoms with Crippen molar-refractivity contribution >= 4 is 33.7 Å². The van der Waals surface area contributed by atoms with Crippen LogP contribution in [0.25, 0.3) is 27.3 Å². The predicted molar refractivity (Wildman–Crippen MR) is 192 cm³/mol. The molecule has 0 fully saturated rings. The first-order valence-corrected chi connectivity index (χ1v) is 17.3. The summed E-state index contributed by atoms with van der Waals surface area (Å²) >= 11 is 0. The largest absolute Gasteiger partial charge is 1.00 e. The molecule has 0 bridgehead atoms. The number of fused-ring (bicyclic) bond motifs is 2. The molecule has 0 aliphatic heterocycles. The van der Waals surface area contributed by atoms with E-state index in [-0.39, 0.29) is 41.6 Å². The van der Waals surface area contributed by atoms with Crippen LogP contribution in [0.4, 0.5) is 11.8 Å². The number of benzene rings is 2. The summed E-state index contributed by atoms with van der Waals surface area (Å²) in [6, 6.07) is 15.6. The van der Waals surface area contributed by atoms with E-state index in [0.717, 1.165) is 97.9 Å². The quantitative estimate of drug-likeness (QED) is 0.133. The van der Waals surface area contributed by atoms with Crippen LogP contribution < -0.4 is 49.7 Å². The van der Waals surface area contributed by atoms with Crippen molar-refractivity contribution in [1.29, 1.82) is 0 Å². The second-order valence-corrected chi connectivity index (χ2v) is 12.1. The van der Waals surface area contributed by atoms with Crippen molar-refractivity contribution in [3.05, 3.63) is 64.6 Å². The van der Waals surface area contributed by atoms with Crippen molar-refractivity contribution in [1.82, 2.24) is 9.80 Å². The summed E-state index contributed by atoms with van der Waals surface area (Å²) in [5.41, 5.74) is 1.36. The third kappa shape index (κ3) is 11.1. The molecule has 0 saturated carbocycles. The Balaban J connectivity index is 0.00000625. The van der Waals surface area contributed by atoms with E-state index in [1.807, 2.05) is 48.5 Å². The molecule has 2 atom stereocenters. The molecule has 48 heavy (non-hydrogen) atoms. The molecule has 256 valence electrons. The third-order valence-electron chi connectivity index (χ3n) is 8.80. The van der Waals surface area contributed by atoms with Gasteiger partial charge in [0.2, 0.25) is 0 Å². The van der Waals surface area contributed by atoms with Crippen molar-refractivity contribution in [2.75, 3.05) is 53.5 Å². The van der Waals surface area contributed by atoms with Gasteiger partial charge in [-0.1, -0.05) is 27.7 Å². The number of ether oxygens (including phenoxy) is 2. The minimum Gasteiger partial charge on any atom is -0.596 e. The number of nitrogens with zero attached hydrogens (tertiary/aromatic N) is 5. The maximum Gasteiger partial charge on any atom is 1.00 e. The molecular formula is C38H54N5NaO4. The van der Waals surface area contributed by atoms with Crippen LogP contribution in [0.15, 0.2) is 67.4 Å². The summed E-state index contributed by atoms with van der Waals surface area (Å²) in [6.45, 7) is 19.6. The number of hydrogen-bond donors (Lipinski definition) is 0. The zero-order valence-electron chi connectivity index (χ0n) is 30.7. The van der Waals surface area contributed by atoms with Gasteiger partial charge in [-0.15, -0.1) is 0 Å². The van der Waals surface area contributed by atoms with Gasteiger partial charge in [-0.2, -0.15) is 0 Å². The van der Waals surface area contributed by atoms with Gasteiger partial charge in [0.25, 0.3) is 0 Å². The maximum atomic E-state index is 6.29. The maximum absolute atomic E-state index is 6.29. The first-order chi connectivity index (χ1) is 22.8. The molecule has 0 radical (unpaired) electrons. The van der Waals surface area contributed by atoms with Gasteiger partial charge in [0.05, 0.1) is 24.9 Å². The Labute approximate surface area is 308 Å². The molecule has 2 aromatic carbocycles. The van der Waals surface area contributed by atoms with E-state index in [1.165, 1.54) is 0 Å². The molecule has 0 amide bonds. The standard InChI is InChI=1S/C38H54N5O4.Na/c1-9-42(10-2)21-13-15-27(5)39-33-25-37(46-35-19-17-29(44-7)23-31(33)35)41-38-26-34(32-24-30(45-8)18-20-36(32)47-38)40-28(6)16-14-22-43(11-3)12-4;/h17-20,23-28H,9-16,21-22H2,1-8H3;/q-1;+1. The molecule has 4 aromatic rings. The van der Waals surface area contributed by atoms with E-state index in [1.54, 1.807) is 14.2 Å². The SMILES string of the molecule is CCN(CC)CCCC(C)N=c1cc([N-]c2cc(=NC(C)CCCN(CC)CC)c3cc(OC)ccc3o2)oc2ccc(OC)cc12.[Na+]. The first kappa shape index (κ1) is 39.6. The summed E-state index contributed by atoms with van der Waals surface area (Å²) in [7, 11) is 3.33. The van der Waals surface area contributed by atoms with Crippen molar-refractivity contribution in [2.45, 2.75) is 79.3 Å². The first-order valence-electron chi connectivity index (χ1n) is 17.3. The van der Waals surface area contributed by atoms with Crippen LogP contribution >= 0.6 is 0 Å². The Morgan fingerprint density at radius 2 is 1.04 bits per heavy atom. The minimum atomic E-state index is 0. The molecule has 0 spiro atoms. The summed E-state index contributed by atoms with van der Waals surface area (Å²) in [5.74, 6) is 2.32. The molecule has 0 aliphatic carbocycles.